The first kappa shape index (κ1) is 14.1. The monoisotopic (exact) mass is 268 g/mol. The predicted octanol–water partition coefficient (Wildman–Crippen LogP) is 3.38. The molecule has 0 saturated carbocycles. The third kappa shape index (κ3) is 4.12. The molecule has 0 bridgehead atoms. The average Bonchev–Trinajstić information content (AvgIpc) is 2.52. The van der Waals surface area contributed by atoms with Gasteiger partial charge >= 0.3 is 0 Å². The van der Waals surface area contributed by atoms with Crippen LogP contribution in [-0.2, 0) is 6.61 Å². The second kappa shape index (κ2) is 7.34. The standard InChI is InChI=1S/C17H20N2O/c1-2-12-19-17(18)15-8-10-16(11-9-15)20-13-14-6-4-3-5-7-14/h3-11H,2,12-13H2,1H3,(H2,18,19). The first-order chi connectivity index (χ1) is 9.79. The quantitative estimate of drug-likeness (QED) is 0.645. The van der Waals surface area contributed by atoms with Crippen LogP contribution in [0.15, 0.2) is 59.6 Å². The summed E-state index contributed by atoms with van der Waals surface area (Å²) in [5.74, 6) is 1.42. The van der Waals surface area contributed by atoms with E-state index in [9.17, 15) is 0 Å². The molecule has 0 spiro atoms. The Bertz CT molecular complexity index is 547. The summed E-state index contributed by atoms with van der Waals surface area (Å²) in [5.41, 5.74) is 7.99. The van der Waals surface area contributed by atoms with Crippen molar-refractivity contribution in [2.45, 2.75) is 20.0 Å². The van der Waals surface area contributed by atoms with Crippen molar-refractivity contribution in [3.05, 3.63) is 65.7 Å². The molecule has 0 atom stereocenters. The van der Waals surface area contributed by atoms with Gasteiger partial charge < -0.3 is 10.5 Å². The Labute approximate surface area is 120 Å². The van der Waals surface area contributed by atoms with Crippen LogP contribution in [0.3, 0.4) is 0 Å². The molecule has 0 aliphatic carbocycles. The molecule has 0 amide bonds. The fraction of sp³-hybridized carbons (Fsp3) is 0.235. The molecule has 0 saturated heterocycles. The van der Waals surface area contributed by atoms with Crippen LogP contribution in [0.1, 0.15) is 24.5 Å². The van der Waals surface area contributed by atoms with Gasteiger partial charge in [-0.15, -0.1) is 0 Å². The largest absolute Gasteiger partial charge is 0.489 e. The van der Waals surface area contributed by atoms with Gasteiger partial charge in [-0.3, -0.25) is 4.99 Å². The molecule has 2 aromatic carbocycles. The van der Waals surface area contributed by atoms with Gasteiger partial charge in [-0.05, 0) is 36.2 Å². The van der Waals surface area contributed by atoms with Crippen LogP contribution < -0.4 is 10.5 Å². The lowest BCUT2D eigenvalue weighted by molar-refractivity contribution is 0.306. The van der Waals surface area contributed by atoms with E-state index in [1.165, 1.54) is 0 Å². The molecule has 0 aliphatic rings. The molecule has 0 aliphatic heterocycles. The minimum absolute atomic E-state index is 0.569. The summed E-state index contributed by atoms with van der Waals surface area (Å²) in [7, 11) is 0. The Morgan fingerprint density at radius 3 is 2.40 bits per heavy atom. The highest BCUT2D eigenvalue weighted by Gasteiger charge is 1.99. The fourth-order valence-electron chi connectivity index (χ4n) is 1.79. The second-order valence-corrected chi connectivity index (χ2v) is 4.57. The molecule has 2 aromatic rings. The van der Waals surface area contributed by atoms with Crippen molar-refractivity contribution in [3.8, 4) is 5.75 Å². The maximum atomic E-state index is 5.91. The van der Waals surface area contributed by atoms with Gasteiger partial charge in [-0.1, -0.05) is 37.3 Å². The van der Waals surface area contributed by atoms with Crippen LogP contribution in [0.5, 0.6) is 5.75 Å². The van der Waals surface area contributed by atoms with E-state index in [2.05, 4.69) is 11.9 Å². The van der Waals surface area contributed by atoms with Crippen LogP contribution >= 0.6 is 0 Å². The molecule has 2 rings (SSSR count). The van der Waals surface area contributed by atoms with Crippen molar-refractivity contribution >= 4 is 5.84 Å². The zero-order valence-corrected chi connectivity index (χ0v) is 11.8. The van der Waals surface area contributed by atoms with E-state index in [1.54, 1.807) is 0 Å². The van der Waals surface area contributed by atoms with E-state index in [4.69, 9.17) is 10.5 Å². The zero-order valence-electron chi connectivity index (χ0n) is 11.8. The summed E-state index contributed by atoms with van der Waals surface area (Å²) in [5, 5.41) is 0. The van der Waals surface area contributed by atoms with Gasteiger partial charge in [0, 0.05) is 12.1 Å². The van der Waals surface area contributed by atoms with Crippen LogP contribution in [0, 0.1) is 0 Å². The van der Waals surface area contributed by atoms with Crippen molar-refractivity contribution in [2.75, 3.05) is 6.54 Å². The van der Waals surface area contributed by atoms with Crippen molar-refractivity contribution in [1.82, 2.24) is 0 Å². The number of amidine groups is 1. The van der Waals surface area contributed by atoms with Crippen molar-refractivity contribution in [2.24, 2.45) is 10.7 Å². The molecule has 0 radical (unpaired) electrons. The number of benzene rings is 2. The van der Waals surface area contributed by atoms with Crippen molar-refractivity contribution in [3.63, 3.8) is 0 Å². The first-order valence-electron chi connectivity index (χ1n) is 6.86. The van der Waals surface area contributed by atoms with Gasteiger partial charge in [0.25, 0.3) is 0 Å². The Morgan fingerprint density at radius 1 is 1.05 bits per heavy atom. The van der Waals surface area contributed by atoms with Gasteiger partial charge in [-0.25, -0.2) is 0 Å². The molecule has 3 heteroatoms. The third-order valence-electron chi connectivity index (χ3n) is 2.90. The van der Waals surface area contributed by atoms with Gasteiger partial charge in [0.1, 0.15) is 18.2 Å². The van der Waals surface area contributed by atoms with Crippen LogP contribution in [0.2, 0.25) is 0 Å². The Hall–Kier alpha value is -2.29. The molecule has 104 valence electrons. The maximum Gasteiger partial charge on any atom is 0.125 e. The third-order valence-corrected chi connectivity index (χ3v) is 2.90. The molecular formula is C17H20N2O. The SMILES string of the molecule is CCCN=C(N)c1ccc(OCc2ccccc2)cc1. The predicted molar refractivity (Wildman–Crippen MR) is 83.1 cm³/mol. The summed E-state index contributed by atoms with van der Waals surface area (Å²) >= 11 is 0. The van der Waals surface area contributed by atoms with E-state index in [-0.39, 0.29) is 0 Å². The number of ether oxygens (including phenoxy) is 1. The summed E-state index contributed by atoms with van der Waals surface area (Å²) in [6.07, 6.45) is 0.999. The first-order valence-corrected chi connectivity index (χ1v) is 6.86. The number of nitrogens with zero attached hydrogens (tertiary/aromatic N) is 1. The summed E-state index contributed by atoms with van der Waals surface area (Å²) < 4.78 is 5.73. The van der Waals surface area contributed by atoms with Crippen molar-refractivity contribution in [1.29, 1.82) is 0 Å². The highest BCUT2D eigenvalue weighted by molar-refractivity contribution is 5.97. The number of aliphatic imine (C=N–C) groups is 1. The molecule has 0 unspecified atom stereocenters. The summed E-state index contributed by atoms with van der Waals surface area (Å²) in [6, 6.07) is 17.8. The summed E-state index contributed by atoms with van der Waals surface area (Å²) in [4.78, 5) is 4.29. The van der Waals surface area contributed by atoms with E-state index in [1.807, 2.05) is 54.6 Å². The molecule has 3 nitrogen and oxygen atoms in total. The van der Waals surface area contributed by atoms with Crippen LogP contribution in [0.25, 0.3) is 0 Å². The highest BCUT2D eigenvalue weighted by atomic mass is 16.5. The Balaban J connectivity index is 1.95. The number of nitrogens with two attached hydrogens (primary N) is 1. The number of hydrogen-bond donors (Lipinski definition) is 1. The van der Waals surface area contributed by atoms with E-state index in [0.29, 0.717) is 12.4 Å². The zero-order chi connectivity index (χ0) is 14.2. The van der Waals surface area contributed by atoms with Gasteiger partial charge in [-0.2, -0.15) is 0 Å². The molecule has 0 fully saturated rings. The molecular weight excluding hydrogens is 248 g/mol. The van der Waals surface area contributed by atoms with Gasteiger partial charge in [0.15, 0.2) is 0 Å². The lowest BCUT2D eigenvalue weighted by Gasteiger charge is -2.07. The van der Waals surface area contributed by atoms with E-state index >= 15 is 0 Å². The Morgan fingerprint density at radius 2 is 1.75 bits per heavy atom. The summed E-state index contributed by atoms with van der Waals surface area (Å²) in [6.45, 7) is 3.41. The number of rotatable bonds is 6. The van der Waals surface area contributed by atoms with E-state index in [0.717, 1.165) is 29.8 Å². The topological polar surface area (TPSA) is 47.6 Å². The van der Waals surface area contributed by atoms with Crippen LogP contribution in [0.4, 0.5) is 0 Å². The lowest BCUT2D eigenvalue weighted by atomic mass is 10.2. The minimum atomic E-state index is 0.569. The average molecular weight is 268 g/mol. The maximum absolute atomic E-state index is 5.91. The molecule has 0 aromatic heterocycles. The lowest BCUT2D eigenvalue weighted by Crippen LogP contribution is -2.13. The van der Waals surface area contributed by atoms with Gasteiger partial charge in [0.2, 0.25) is 0 Å². The smallest absolute Gasteiger partial charge is 0.125 e. The second-order valence-electron chi connectivity index (χ2n) is 4.57. The highest BCUT2D eigenvalue weighted by Crippen LogP contribution is 2.14. The Kier molecular flexibility index (Phi) is 5.18. The van der Waals surface area contributed by atoms with Crippen LogP contribution in [-0.4, -0.2) is 12.4 Å². The molecule has 0 heterocycles. The van der Waals surface area contributed by atoms with E-state index < -0.39 is 0 Å². The molecule has 2 N–H and O–H groups in total. The number of hydrogen-bond acceptors (Lipinski definition) is 2. The van der Waals surface area contributed by atoms with Gasteiger partial charge in [0.05, 0.1) is 0 Å². The minimum Gasteiger partial charge on any atom is -0.489 e. The van der Waals surface area contributed by atoms with Crippen molar-refractivity contribution < 1.29 is 4.74 Å². The fourth-order valence-corrected chi connectivity index (χ4v) is 1.79. The normalized spacial score (nSPS) is 11.3. The molecule has 20 heavy (non-hydrogen) atoms.